The molecule has 0 spiro atoms. The molecule has 0 atom stereocenters. The van der Waals surface area contributed by atoms with Crippen molar-refractivity contribution in [1.29, 1.82) is 0 Å². The van der Waals surface area contributed by atoms with Crippen LogP contribution in [0.15, 0.2) is 0 Å². The lowest BCUT2D eigenvalue weighted by molar-refractivity contribution is 0.588. The van der Waals surface area contributed by atoms with Crippen LogP contribution in [0.4, 0.5) is 0 Å². The minimum atomic E-state index is 0.0606. The van der Waals surface area contributed by atoms with Crippen LogP contribution in [0, 0.1) is 0 Å². The monoisotopic (exact) mass is 133 g/mol. The van der Waals surface area contributed by atoms with E-state index in [4.69, 9.17) is 0 Å². The first kappa shape index (κ1) is 8.06. The van der Waals surface area contributed by atoms with E-state index in [9.17, 15) is 4.57 Å². The van der Waals surface area contributed by atoms with Gasteiger partial charge in [-0.2, -0.15) is 0 Å². The highest BCUT2D eigenvalue weighted by molar-refractivity contribution is 7.21. The Morgan fingerprint density at radius 1 is 1.50 bits per heavy atom. The van der Waals surface area contributed by atoms with Crippen molar-refractivity contribution in [3.63, 3.8) is 0 Å². The predicted molar refractivity (Wildman–Crippen MR) is 35.1 cm³/mol. The Balaban J connectivity index is 2.62. The Kier molecular flexibility index (Phi) is 7.11. The van der Waals surface area contributed by atoms with Gasteiger partial charge in [0.25, 0.3) is 0 Å². The minimum absolute atomic E-state index is 0.0606. The van der Waals surface area contributed by atoms with Gasteiger partial charge in [-0.15, -0.1) is 0 Å². The molecule has 0 unspecified atom stereocenters. The van der Waals surface area contributed by atoms with E-state index in [1.807, 2.05) is 0 Å². The van der Waals surface area contributed by atoms with E-state index in [0.717, 1.165) is 13.0 Å². The highest BCUT2D eigenvalue weighted by atomic mass is 31.1. The molecule has 3 heteroatoms. The van der Waals surface area contributed by atoms with Crippen molar-refractivity contribution < 1.29 is 4.57 Å². The first-order valence-electron chi connectivity index (χ1n) is 2.97. The maximum Gasteiger partial charge on any atom is 0.245 e. The molecule has 0 aromatic carbocycles. The molecular weight excluding hydrogens is 121 g/mol. The van der Waals surface area contributed by atoms with Crippen LogP contribution in [0.5, 0.6) is 0 Å². The van der Waals surface area contributed by atoms with E-state index in [1.165, 1.54) is 12.8 Å². The molecule has 0 aromatic heterocycles. The van der Waals surface area contributed by atoms with Crippen LogP contribution >= 0.6 is 8.61 Å². The van der Waals surface area contributed by atoms with Crippen molar-refractivity contribution in [2.75, 3.05) is 6.54 Å². The number of hydrogen-bond acceptors (Lipinski definition) is 1. The standard InChI is InChI=1S/C5H12NOP/c1-2-3-4-5-6-8-7/h2-5H2,1H3,(H,6,7). The summed E-state index contributed by atoms with van der Waals surface area (Å²) >= 11 is 0. The average Bonchev–Trinajstić information content (AvgIpc) is 1.81. The molecule has 8 heavy (non-hydrogen) atoms. The third-order valence-corrected chi connectivity index (χ3v) is 1.31. The summed E-state index contributed by atoms with van der Waals surface area (Å²) in [6.45, 7) is 3.02. The Morgan fingerprint density at radius 3 is 2.75 bits per heavy atom. The van der Waals surface area contributed by atoms with E-state index in [0.29, 0.717) is 0 Å². The van der Waals surface area contributed by atoms with Gasteiger partial charge >= 0.3 is 0 Å². The molecule has 0 aliphatic carbocycles. The molecule has 0 aliphatic rings. The molecule has 0 aromatic rings. The molecular formula is C5H12NOP. The molecule has 0 bridgehead atoms. The van der Waals surface area contributed by atoms with Gasteiger partial charge in [-0.05, 0) is 6.42 Å². The van der Waals surface area contributed by atoms with Crippen LogP contribution in [0.3, 0.4) is 0 Å². The summed E-state index contributed by atoms with van der Waals surface area (Å²) in [4.78, 5) is 0. The van der Waals surface area contributed by atoms with Gasteiger partial charge in [0.15, 0.2) is 0 Å². The van der Waals surface area contributed by atoms with Gasteiger partial charge in [0.1, 0.15) is 0 Å². The van der Waals surface area contributed by atoms with Crippen LogP contribution < -0.4 is 5.09 Å². The molecule has 0 heterocycles. The summed E-state index contributed by atoms with van der Waals surface area (Å²) < 4.78 is 9.75. The summed E-state index contributed by atoms with van der Waals surface area (Å²) in [5, 5.41) is 2.70. The first-order chi connectivity index (χ1) is 3.91. The van der Waals surface area contributed by atoms with Crippen molar-refractivity contribution in [3.05, 3.63) is 0 Å². The summed E-state index contributed by atoms with van der Waals surface area (Å²) in [5.74, 6) is 0. The number of rotatable bonds is 5. The average molecular weight is 133 g/mol. The quantitative estimate of drug-likeness (QED) is 0.459. The van der Waals surface area contributed by atoms with E-state index in [-0.39, 0.29) is 8.61 Å². The Morgan fingerprint density at radius 2 is 2.25 bits per heavy atom. The maximum atomic E-state index is 9.75. The third kappa shape index (κ3) is 6.06. The molecule has 0 radical (unpaired) electrons. The van der Waals surface area contributed by atoms with Gasteiger partial charge in [-0.3, -0.25) is 4.57 Å². The zero-order valence-electron chi connectivity index (χ0n) is 5.18. The van der Waals surface area contributed by atoms with Gasteiger partial charge in [-0.1, -0.05) is 19.8 Å². The second-order valence-electron chi connectivity index (χ2n) is 1.71. The van der Waals surface area contributed by atoms with Crippen molar-refractivity contribution in [2.45, 2.75) is 26.2 Å². The molecule has 0 amide bonds. The zero-order chi connectivity index (χ0) is 6.24. The number of nitrogens with one attached hydrogen (secondary N) is 1. The predicted octanol–water partition coefficient (Wildman–Crippen LogP) is 1.97. The molecule has 0 rings (SSSR count). The summed E-state index contributed by atoms with van der Waals surface area (Å²) in [7, 11) is 0.0606. The van der Waals surface area contributed by atoms with Crippen molar-refractivity contribution in [3.8, 4) is 0 Å². The van der Waals surface area contributed by atoms with Gasteiger partial charge in [0.2, 0.25) is 8.61 Å². The van der Waals surface area contributed by atoms with Crippen LogP contribution in [0.25, 0.3) is 0 Å². The van der Waals surface area contributed by atoms with Crippen molar-refractivity contribution in [1.82, 2.24) is 5.09 Å². The van der Waals surface area contributed by atoms with Crippen LogP contribution in [0.1, 0.15) is 26.2 Å². The SMILES string of the molecule is CCCCCNP=O. The molecule has 1 N–H and O–H groups in total. The summed E-state index contributed by atoms with van der Waals surface area (Å²) in [5.41, 5.74) is 0. The lowest BCUT2D eigenvalue weighted by atomic mass is 10.3. The number of unbranched alkanes of at least 4 members (excludes halogenated alkanes) is 2. The summed E-state index contributed by atoms with van der Waals surface area (Å²) in [6.07, 6.45) is 3.58. The van der Waals surface area contributed by atoms with Crippen molar-refractivity contribution in [2.24, 2.45) is 0 Å². The fourth-order valence-electron chi connectivity index (χ4n) is 0.500. The van der Waals surface area contributed by atoms with Gasteiger partial charge < -0.3 is 0 Å². The van der Waals surface area contributed by atoms with Gasteiger partial charge in [-0.25, -0.2) is 5.09 Å². The van der Waals surface area contributed by atoms with Gasteiger partial charge in [0.05, 0.1) is 0 Å². The third-order valence-electron chi connectivity index (χ3n) is 0.957. The Hall–Kier alpha value is 0.0600. The molecule has 0 saturated heterocycles. The highest BCUT2D eigenvalue weighted by Gasteiger charge is 1.82. The lowest BCUT2D eigenvalue weighted by Gasteiger charge is -1.91. The second kappa shape index (κ2) is 7.06. The van der Waals surface area contributed by atoms with Crippen LogP contribution in [-0.4, -0.2) is 6.54 Å². The molecule has 48 valence electrons. The maximum absolute atomic E-state index is 9.75. The topological polar surface area (TPSA) is 29.1 Å². The van der Waals surface area contributed by atoms with E-state index >= 15 is 0 Å². The van der Waals surface area contributed by atoms with Crippen LogP contribution in [-0.2, 0) is 4.57 Å². The molecule has 0 saturated carbocycles. The lowest BCUT2D eigenvalue weighted by Crippen LogP contribution is -1.99. The second-order valence-corrected chi connectivity index (χ2v) is 2.21. The molecule has 0 aliphatic heterocycles. The largest absolute Gasteiger partial charge is 0.256 e. The smallest absolute Gasteiger partial charge is 0.245 e. The van der Waals surface area contributed by atoms with E-state index < -0.39 is 0 Å². The van der Waals surface area contributed by atoms with Crippen molar-refractivity contribution >= 4 is 8.61 Å². The normalized spacial score (nSPS) is 10.1. The molecule has 0 fully saturated rings. The first-order valence-corrected chi connectivity index (χ1v) is 3.78. The highest BCUT2D eigenvalue weighted by Crippen LogP contribution is 1.92. The van der Waals surface area contributed by atoms with E-state index in [1.54, 1.807) is 0 Å². The Labute approximate surface area is 51.9 Å². The van der Waals surface area contributed by atoms with Gasteiger partial charge in [0, 0.05) is 6.54 Å². The number of hydrogen-bond donors (Lipinski definition) is 1. The summed E-state index contributed by atoms with van der Waals surface area (Å²) in [6, 6.07) is 0. The zero-order valence-corrected chi connectivity index (χ0v) is 6.08. The van der Waals surface area contributed by atoms with Crippen LogP contribution in [0.2, 0.25) is 0 Å². The fraction of sp³-hybridized carbons (Fsp3) is 1.00. The minimum Gasteiger partial charge on any atom is -0.256 e. The van der Waals surface area contributed by atoms with E-state index in [2.05, 4.69) is 12.0 Å². The molecule has 2 nitrogen and oxygen atoms in total. The fourth-order valence-corrected chi connectivity index (χ4v) is 0.749. The Bertz CT molecular complexity index is 58.4.